The van der Waals surface area contributed by atoms with Gasteiger partial charge in [-0.05, 0) is 73.6 Å². The smallest absolute Gasteiger partial charge is 0.291 e. The molecule has 2 atom stereocenters. The van der Waals surface area contributed by atoms with E-state index in [0.717, 1.165) is 29.5 Å². The Kier molecular flexibility index (Phi) is 6.51. The first-order valence-corrected chi connectivity index (χ1v) is 12.6. The van der Waals surface area contributed by atoms with E-state index in [0.29, 0.717) is 53.7 Å². The zero-order chi connectivity index (χ0) is 25.6. The molecule has 5 rings (SSSR count). The van der Waals surface area contributed by atoms with Gasteiger partial charge < -0.3 is 23.5 Å². The molecule has 0 aliphatic carbocycles. The molecule has 7 nitrogen and oxygen atoms in total. The van der Waals surface area contributed by atoms with Crippen LogP contribution in [0.4, 0.5) is 0 Å². The maximum atomic E-state index is 13.9. The minimum absolute atomic E-state index is 0.0738. The van der Waals surface area contributed by atoms with E-state index in [4.69, 9.17) is 18.6 Å². The summed E-state index contributed by atoms with van der Waals surface area (Å²) in [6, 6.07) is 8.69. The van der Waals surface area contributed by atoms with Crippen molar-refractivity contribution < 1.29 is 23.4 Å². The third-order valence-corrected chi connectivity index (χ3v) is 7.08. The van der Waals surface area contributed by atoms with Gasteiger partial charge in [-0.1, -0.05) is 19.9 Å². The molecule has 0 bridgehead atoms. The van der Waals surface area contributed by atoms with Crippen LogP contribution in [0.15, 0.2) is 39.5 Å². The van der Waals surface area contributed by atoms with E-state index in [2.05, 4.69) is 13.8 Å². The summed E-state index contributed by atoms with van der Waals surface area (Å²) >= 11 is 0. The van der Waals surface area contributed by atoms with Gasteiger partial charge in [-0.3, -0.25) is 9.59 Å². The number of methoxy groups -OCH3 is 1. The highest BCUT2D eigenvalue weighted by molar-refractivity contribution is 5.99. The summed E-state index contributed by atoms with van der Waals surface area (Å²) in [6.45, 7) is 9.71. The molecule has 36 heavy (non-hydrogen) atoms. The number of benzene rings is 2. The van der Waals surface area contributed by atoms with Gasteiger partial charge in [0.2, 0.25) is 5.76 Å². The minimum atomic E-state index is -0.605. The number of hydrogen-bond acceptors (Lipinski definition) is 6. The highest BCUT2D eigenvalue weighted by Gasteiger charge is 2.44. The molecule has 0 N–H and O–H groups in total. The number of rotatable bonds is 7. The van der Waals surface area contributed by atoms with Gasteiger partial charge in [-0.25, -0.2) is 0 Å². The molecule has 190 valence electrons. The molecule has 1 aromatic heterocycles. The summed E-state index contributed by atoms with van der Waals surface area (Å²) in [7, 11) is 1.59. The zero-order valence-electron chi connectivity index (χ0n) is 21.6. The molecule has 2 aliphatic rings. The van der Waals surface area contributed by atoms with Gasteiger partial charge in [0, 0.05) is 13.2 Å². The molecule has 1 saturated heterocycles. The SMILES string of the molecule is COc1cc([C@H]2c3c(oc4cc(C)c(C)cc4c3=O)C(=O)N2C[C@H]2CCCO2)ccc1OCC(C)C. The number of carbonyl (C=O) groups is 1. The van der Waals surface area contributed by atoms with Gasteiger partial charge in [0.05, 0.1) is 36.8 Å². The van der Waals surface area contributed by atoms with Gasteiger partial charge in [-0.2, -0.15) is 0 Å². The predicted molar refractivity (Wildman–Crippen MR) is 137 cm³/mol. The first-order valence-electron chi connectivity index (χ1n) is 12.6. The van der Waals surface area contributed by atoms with E-state index in [9.17, 15) is 9.59 Å². The second kappa shape index (κ2) is 9.62. The van der Waals surface area contributed by atoms with Crippen LogP contribution in [0.25, 0.3) is 11.0 Å². The number of aryl methyl sites for hydroxylation is 2. The molecule has 0 saturated carbocycles. The first kappa shape index (κ1) is 24.4. The molecule has 2 aliphatic heterocycles. The fourth-order valence-electron chi connectivity index (χ4n) is 5.05. The maximum absolute atomic E-state index is 13.9. The Morgan fingerprint density at radius 1 is 1.08 bits per heavy atom. The Hall–Kier alpha value is -3.32. The lowest BCUT2D eigenvalue weighted by atomic mass is 9.97. The van der Waals surface area contributed by atoms with Crippen molar-refractivity contribution in [1.29, 1.82) is 0 Å². The fourth-order valence-corrected chi connectivity index (χ4v) is 5.05. The van der Waals surface area contributed by atoms with Crippen molar-refractivity contribution in [2.75, 3.05) is 26.9 Å². The molecule has 0 unspecified atom stereocenters. The molecule has 2 aromatic carbocycles. The normalized spacial score (nSPS) is 19.4. The lowest BCUT2D eigenvalue weighted by molar-refractivity contribution is 0.0486. The third-order valence-electron chi connectivity index (χ3n) is 7.08. The average Bonchev–Trinajstić information content (AvgIpc) is 3.46. The summed E-state index contributed by atoms with van der Waals surface area (Å²) in [5.74, 6) is 1.37. The fraction of sp³-hybridized carbons (Fsp3) is 0.448. The van der Waals surface area contributed by atoms with E-state index in [1.807, 2.05) is 44.2 Å². The van der Waals surface area contributed by atoms with Crippen molar-refractivity contribution in [2.45, 2.75) is 52.7 Å². The van der Waals surface area contributed by atoms with Crippen molar-refractivity contribution in [3.63, 3.8) is 0 Å². The Labute approximate surface area is 210 Å². The number of nitrogens with zero attached hydrogens (tertiary/aromatic N) is 1. The predicted octanol–water partition coefficient (Wildman–Crippen LogP) is 5.18. The molecule has 1 fully saturated rings. The molecular formula is C29H33NO6. The van der Waals surface area contributed by atoms with E-state index in [1.54, 1.807) is 12.0 Å². The van der Waals surface area contributed by atoms with Crippen LogP contribution in [-0.2, 0) is 4.74 Å². The van der Waals surface area contributed by atoms with Crippen LogP contribution in [0, 0.1) is 19.8 Å². The van der Waals surface area contributed by atoms with Crippen LogP contribution in [0.3, 0.4) is 0 Å². The Morgan fingerprint density at radius 3 is 2.56 bits per heavy atom. The molecule has 7 heteroatoms. The molecular weight excluding hydrogens is 458 g/mol. The molecule has 3 heterocycles. The maximum Gasteiger partial charge on any atom is 0.291 e. The molecule has 1 amide bonds. The standard InChI is InChI=1S/C29H33NO6/c1-16(2)15-35-22-9-8-19(13-24(22)33-5)26-25-27(31)21-11-17(3)18(4)12-23(21)36-28(25)29(32)30(26)14-20-7-6-10-34-20/h8-9,11-13,16,20,26H,6-7,10,14-15H2,1-5H3/t20-,26+/m1/s1. The monoisotopic (exact) mass is 491 g/mol. The number of ether oxygens (including phenoxy) is 3. The molecule has 3 aromatic rings. The Bertz CT molecular complexity index is 1370. The summed E-state index contributed by atoms with van der Waals surface area (Å²) in [5, 5.41) is 0.484. The topological polar surface area (TPSA) is 78.2 Å². The van der Waals surface area contributed by atoms with E-state index in [1.165, 1.54) is 0 Å². The van der Waals surface area contributed by atoms with Crippen molar-refractivity contribution in [3.05, 3.63) is 68.6 Å². The lowest BCUT2D eigenvalue weighted by Gasteiger charge is -2.28. The van der Waals surface area contributed by atoms with E-state index >= 15 is 0 Å². The van der Waals surface area contributed by atoms with E-state index < -0.39 is 6.04 Å². The number of fused-ring (bicyclic) bond motifs is 2. The summed E-state index contributed by atoms with van der Waals surface area (Å²) < 4.78 is 23.6. The summed E-state index contributed by atoms with van der Waals surface area (Å²) in [6.07, 6.45) is 1.76. The van der Waals surface area contributed by atoms with Crippen LogP contribution >= 0.6 is 0 Å². The Balaban J connectivity index is 1.66. The van der Waals surface area contributed by atoms with Gasteiger partial charge in [0.25, 0.3) is 5.91 Å². The third kappa shape index (κ3) is 4.26. The molecule has 0 spiro atoms. The van der Waals surface area contributed by atoms with Crippen LogP contribution in [0.1, 0.15) is 65.5 Å². The quantitative estimate of drug-likeness (QED) is 0.453. The first-order chi connectivity index (χ1) is 17.3. The van der Waals surface area contributed by atoms with Gasteiger partial charge in [0.1, 0.15) is 5.58 Å². The van der Waals surface area contributed by atoms with Crippen LogP contribution in [0.5, 0.6) is 11.5 Å². The largest absolute Gasteiger partial charge is 0.493 e. The van der Waals surface area contributed by atoms with Crippen LogP contribution in [0.2, 0.25) is 0 Å². The molecule has 0 radical (unpaired) electrons. The highest BCUT2D eigenvalue weighted by atomic mass is 16.5. The highest BCUT2D eigenvalue weighted by Crippen LogP contribution is 2.41. The van der Waals surface area contributed by atoms with Crippen LogP contribution < -0.4 is 14.9 Å². The van der Waals surface area contributed by atoms with Crippen molar-refractivity contribution >= 4 is 16.9 Å². The number of hydrogen-bond donors (Lipinski definition) is 0. The van der Waals surface area contributed by atoms with Crippen LogP contribution in [-0.4, -0.2) is 43.8 Å². The van der Waals surface area contributed by atoms with Gasteiger partial charge in [0.15, 0.2) is 16.9 Å². The van der Waals surface area contributed by atoms with Crippen molar-refractivity contribution in [3.8, 4) is 11.5 Å². The van der Waals surface area contributed by atoms with Gasteiger partial charge >= 0.3 is 0 Å². The zero-order valence-corrected chi connectivity index (χ0v) is 21.6. The minimum Gasteiger partial charge on any atom is -0.493 e. The number of carbonyl (C=O) groups excluding carboxylic acids is 1. The number of amides is 1. The van der Waals surface area contributed by atoms with Gasteiger partial charge in [-0.15, -0.1) is 0 Å². The second-order valence-corrected chi connectivity index (χ2v) is 10.2. The summed E-state index contributed by atoms with van der Waals surface area (Å²) in [4.78, 5) is 29.3. The van der Waals surface area contributed by atoms with Crippen molar-refractivity contribution in [2.24, 2.45) is 5.92 Å². The summed E-state index contributed by atoms with van der Waals surface area (Å²) in [5.41, 5.74) is 3.39. The van der Waals surface area contributed by atoms with Crippen molar-refractivity contribution in [1.82, 2.24) is 4.90 Å². The Morgan fingerprint density at radius 2 is 1.86 bits per heavy atom. The van der Waals surface area contributed by atoms with E-state index in [-0.39, 0.29) is 23.2 Å². The lowest BCUT2D eigenvalue weighted by Crippen LogP contribution is -2.36. The average molecular weight is 492 g/mol. The second-order valence-electron chi connectivity index (χ2n) is 10.2.